The first-order chi connectivity index (χ1) is 9.68. The first kappa shape index (κ1) is 13.0. The van der Waals surface area contributed by atoms with Crippen molar-refractivity contribution in [3.8, 4) is 22.4 Å². The van der Waals surface area contributed by atoms with Gasteiger partial charge in [0, 0.05) is 16.1 Å². The number of halogens is 2. The molecule has 3 nitrogen and oxygen atoms in total. The Labute approximate surface area is 125 Å². The average Bonchev–Trinajstić information content (AvgIpc) is 2.82. The summed E-state index contributed by atoms with van der Waals surface area (Å²) < 4.78 is 5.12. The van der Waals surface area contributed by atoms with Gasteiger partial charge in [0.05, 0.1) is 10.6 Å². The number of nitrogens with zero attached hydrogens (tertiary/aromatic N) is 1. The minimum Gasteiger partial charge on any atom is -0.367 e. The number of hydrogen-bond acceptors (Lipinski definition) is 3. The van der Waals surface area contributed by atoms with Crippen LogP contribution in [0.25, 0.3) is 22.4 Å². The molecule has 1 aromatic heterocycles. The van der Waals surface area contributed by atoms with Gasteiger partial charge in [-0.3, -0.25) is 0 Å². The van der Waals surface area contributed by atoms with Gasteiger partial charge in [-0.25, -0.2) is 0 Å². The molecular formula is C15H10Cl2N2O. The number of rotatable bonds is 2. The van der Waals surface area contributed by atoms with Crippen LogP contribution in [-0.4, -0.2) is 5.16 Å². The van der Waals surface area contributed by atoms with Crippen molar-refractivity contribution in [3.63, 3.8) is 0 Å². The fraction of sp³-hybridized carbons (Fsp3) is 0. The van der Waals surface area contributed by atoms with Crippen LogP contribution in [0.1, 0.15) is 0 Å². The summed E-state index contributed by atoms with van der Waals surface area (Å²) in [5, 5.41) is 5.18. The highest BCUT2D eigenvalue weighted by Crippen LogP contribution is 2.41. The molecule has 0 unspecified atom stereocenters. The molecule has 0 saturated heterocycles. The maximum atomic E-state index is 6.23. The van der Waals surface area contributed by atoms with E-state index in [9.17, 15) is 0 Å². The number of nitrogen functional groups attached to an aromatic ring is 1. The van der Waals surface area contributed by atoms with E-state index in [-0.39, 0.29) is 5.88 Å². The molecule has 3 aromatic rings. The van der Waals surface area contributed by atoms with Crippen LogP contribution in [0.3, 0.4) is 0 Å². The van der Waals surface area contributed by atoms with Crippen LogP contribution in [0.2, 0.25) is 10.0 Å². The lowest BCUT2D eigenvalue weighted by Gasteiger charge is -2.06. The van der Waals surface area contributed by atoms with Crippen molar-refractivity contribution >= 4 is 29.1 Å². The number of benzene rings is 2. The largest absolute Gasteiger partial charge is 0.367 e. The van der Waals surface area contributed by atoms with Crippen LogP contribution in [0, 0.1) is 0 Å². The quantitative estimate of drug-likeness (QED) is 0.732. The van der Waals surface area contributed by atoms with E-state index >= 15 is 0 Å². The summed E-state index contributed by atoms with van der Waals surface area (Å²) in [6.07, 6.45) is 0. The topological polar surface area (TPSA) is 52.0 Å². The summed E-state index contributed by atoms with van der Waals surface area (Å²) in [5.74, 6) is 0.216. The average molecular weight is 305 g/mol. The van der Waals surface area contributed by atoms with Gasteiger partial charge in [-0.05, 0) is 12.1 Å². The van der Waals surface area contributed by atoms with Gasteiger partial charge in [-0.15, -0.1) is 0 Å². The van der Waals surface area contributed by atoms with Crippen molar-refractivity contribution in [1.29, 1.82) is 0 Å². The van der Waals surface area contributed by atoms with Crippen LogP contribution in [0.15, 0.2) is 53.1 Å². The molecule has 0 aliphatic heterocycles. The zero-order valence-corrected chi connectivity index (χ0v) is 11.8. The van der Waals surface area contributed by atoms with E-state index < -0.39 is 0 Å². The van der Waals surface area contributed by atoms with Crippen molar-refractivity contribution in [2.45, 2.75) is 0 Å². The molecule has 2 aromatic carbocycles. The fourth-order valence-electron chi connectivity index (χ4n) is 2.06. The molecule has 3 rings (SSSR count). The zero-order chi connectivity index (χ0) is 14.1. The van der Waals surface area contributed by atoms with E-state index in [2.05, 4.69) is 5.16 Å². The molecule has 0 aliphatic rings. The van der Waals surface area contributed by atoms with Crippen molar-refractivity contribution in [2.24, 2.45) is 0 Å². The molecule has 20 heavy (non-hydrogen) atoms. The third kappa shape index (κ3) is 2.15. The lowest BCUT2D eigenvalue weighted by molar-refractivity contribution is 0.439. The number of hydrogen-bond donors (Lipinski definition) is 1. The van der Waals surface area contributed by atoms with E-state index in [1.165, 1.54) is 0 Å². The summed E-state index contributed by atoms with van der Waals surface area (Å²) in [5.41, 5.74) is 8.66. The molecule has 0 spiro atoms. The predicted molar refractivity (Wildman–Crippen MR) is 81.8 cm³/mol. The molecule has 5 heteroatoms. The summed E-state index contributed by atoms with van der Waals surface area (Å²) in [6, 6.07) is 14.8. The van der Waals surface area contributed by atoms with E-state index in [1.807, 2.05) is 36.4 Å². The van der Waals surface area contributed by atoms with E-state index in [4.69, 9.17) is 33.5 Å². The molecule has 0 fully saturated rings. The monoisotopic (exact) mass is 304 g/mol. The van der Waals surface area contributed by atoms with Crippen molar-refractivity contribution in [3.05, 3.63) is 58.6 Å². The molecule has 2 N–H and O–H groups in total. The lowest BCUT2D eigenvalue weighted by Crippen LogP contribution is -1.89. The van der Waals surface area contributed by atoms with Crippen LogP contribution >= 0.6 is 23.2 Å². The van der Waals surface area contributed by atoms with Gasteiger partial charge in [0.2, 0.25) is 5.88 Å². The van der Waals surface area contributed by atoms with Gasteiger partial charge in [0.25, 0.3) is 0 Å². The molecule has 0 aliphatic carbocycles. The molecule has 0 bridgehead atoms. The lowest BCUT2D eigenvalue weighted by atomic mass is 10.0. The minimum absolute atomic E-state index is 0.216. The highest BCUT2D eigenvalue weighted by Gasteiger charge is 2.20. The smallest absolute Gasteiger partial charge is 0.230 e. The second-order valence-corrected chi connectivity index (χ2v) is 5.04. The van der Waals surface area contributed by atoms with E-state index in [1.54, 1.807) is 12.1 Å². The van der Waals surface area contributed by atoms with E-state index in [0.29, 0.717) is 21.3 Å². The van der Waals surface area contributed by atoms with Gasteiger partial charge in [0.15, 0.2) is 0 Å². The molecule has 0 radical (unpaired) electrons. The van der Waals surface area contributed by atoms with Gasteiger partial charge in [-0.1, -0.05) is 64.8 Å². The molecule has 100 valence electrons. The summed E-state index contributed by atoms with van der Waals surface area (Å²) in [4.78, 5) is 0. The van der Waals surface area contributed by atoms with Gasteiger partial charge >= 0.3 is 0 Å². The van der Waals surface area contributed by atoms with Crippen molar-refractivity contribution in [1.82, 2.24) is 5.16 Å². The Morgan fingerprint density at radius 2 is 1.40 bits per heavy atom. The molecule has 1 heterocycles. The van der Waals surface area contributed by atoms with Gasteiger partial charge < -0.3 is 10.3 Å². The molecular weight excluding hydrogens is 295 g/mol. The zero-order valence-electron chi connectivity index (χ0n) is 10.3. The highest BCUT2D eigenvalue weighted by atomic mass is 35.5. The number of anilines is 1. The minimum atomic E-state index is 0.216. The highest BCUT2D eigenvalue weighted by molar-refractivity contribution is 6.34. The Morgan fingerprint density at radius 1 is 0.850 bits per heavy atom. The summed E-state index contributed by atoms with van der Waals surface area (Å²) in [6.45, 7) is 0. The molecule has 0 amide bonds. The van der Waals surface area contributed by atoms with Crippen LogP contribution < -0.4 is 5.73 Å². The summed E-state index contributed by atoms with van der Waals surface area (Å²) in [7, 11) is 0. The number of nitrogens with two attached hydrogens (primary N) is 1. The third-order valence-corrected chi connectivity index (χ3v) is 3.65. The first-order valence-electron chi connectivity index (χ1n) is 5.93. The SMILES string of the molecule is Nc1onc(-c2ccccc2Cl)c1-c1ccccc1Cl. The van der Waals surface area contributed by atoms with Gasteiger partial charge in [-0.2, -0.15) is 0 Å². The van der Waals surface area contributed by atoms with Crippen LogP contribution in [-0.2, 0) is 0 Å². The van der Waals surface area contributed by atoms with Crippen LogP contribution in [0.5, 0.6) is 0 Å². The fourth-order valence-corrected chi connectivity index (χ4v) is 2.52. The second-order valence-electron chi connectivity index (χ2n) is 4.23. The second kappa shape index (κ2) is 5.19. The third-order valence-electron chi connectivity index (χ3n) is 2.99. The Hall–Kier alpha value is -1.97. The predicted octanol–water partition coefficient (Wildman–Crippen LogP) is 4.90. The maximum Gasteiger partial charge on any atom is 0.230 e. The van der Waals surface area contributed by atoms with Gasteiger partial charge in [0.1, 0.15) is 5.69 Å². The molecule has 0 saturated carbocycles. The Morgan fingerprint density at radius 3 is 2.00 bits per heavy atom. The van der Waals surface area contributed by atoms with Crippen molar-refractivity contribution in [2.75, 3.05) is 5.73 Å². The Balaban J connectivity index is 2.26. The Kier molecular flexibility index (Phi) is 3.38. The standard InChI is InChI=1S/C15H10Cl2N2O/c16-11-7-3-1-5-9(11)13-14(19-20-15(13)18)10-6-2-4-8-12(10)17/h1-8H,18H2. The number of aromatic nitrogens is 1. The van der Waals surface area contributed by atoms with Crippen LogP contribution in [0.4, 0.5) is 5.88 Å². The normalized spacial score (nSPS) is 10.7. The molecule has 0 atom stereocenters. The van der Waals surface area contributed by atoms with Crippen molar-refractivity contribution < 1.29 is 4.52 Å². The van der Waals surface area contributed by atoms with E-state index in [0.717, 1.165) is 11.1 Å². The first-order valence-corrected chi connectivity index (χ1v) is 6.69. The summed E-state index contributed by atoms with van der Waals surface area (Å²) >= 11 is 12.4. The maximum absolute atomic E-state index is 6.23. The Bertz CT molecular complexity index is 768.